The van der Waals surface area contributed by atoms with Crippen molar-refractivity contribution in [2.45, 2.75) is 51.0 Å². The second-order valence-electron chi connectivity index (χ2n) is 10.2. The van der Waals surface area contributed by atoms with E-state index < -0.39 is 17.5 Å². The molecule has 39 heavy (non-hydrogen) atoms. The molecule has 4 heterocycles. The van der Waals surface area contributed by atoms with E-state index >= 15 is 0 Å². The van der Waals surface area contributed by atoms with Crippen LogP contribution in [0.4, 0.5) is 0 Å². The number of carbonyl (C=O) groups is 1. The predicted octanol–water partition coefficient (Wildman–Crippen LogP) is 4.42. The Hall–Kier alpha value is -4.14. The monoisotopic (exact) mass is 523 g/mol. The normalized spacial score (nSPS) is 18.6. The fraction of sp³-hybridized carbons (Fsp3) is 0.290. The Morgan fingerprint density at radius 2 is 1.92 bits per heavy atom. The van der Waals surface area contributed by atoms with E-state index in [2.05, 4.69) is 0 Å². The summed E-state index contributed by atoms with van der Waals surface area (Å²) in [6.07, 6.45) is 1.12. The minimum absolute atomic E-state index is 0.00233. The summed E-state index contributed by atoms with van der Waals surface area (Å²) >= 11 is 0. The summed E-state index contributed by atoms with van der Waals surface area (Å²) in [4.78, 5) is 31.3. The largest absolute Gasteiger partial charge is 0.461 e. The number of carbonyl (C=O) groups excluding carboxylic acids is 1. The van der Waals surface area contributed by atoms with Gasteiger partial charge in [-0.05, 0) is 29.7 Å². The van der Waals surface area contributed by atoms with E-state index in [0.717, 1.165) is 27.6 Å². The molecule has 0 aliphatic carbocycles. The minimum atomic E-state index is -0.906. The molecule has 2 unspecified atom stereocenters. The van der Waals surface area contributed by atoms with Crippen LogP contribution in [0.5, 0.6) is 0 Å². The molecule has 2 aromatic heterocycles. The number of esters is 1. The van der Waals surface area contributed by atoms with Crippen LogP contribution < -0.4 is 5.56 Å². The summed E-state index contributed by atoms with van der Waals surface area (Å²) in [5.41, 5.74) is 4.53. The van der Waals surface area contributed by atoms with Crippen LogP contribution in [0.15, 0.2) is 65.5 Å². The lowest BCUT2D eigenvalue weighted by molar-refractivity contribution is -0.146. The maximum absolute atomic E-state index is 13.9. The molecule has 2 aliphatic heterocycles. The summed E-state index contributed by atoms with van der Waals surface area (Å²) < 4.78 is 13.3. The number of nitrogens with zero attached hydrogens (tertiary/aromatic N) is 2. The molecule has 2 aliphatic rings. The van der Waals surface area contributed by atoms with E-state index in [1.807, 2.05) is 67.6 Å². The first kappa shape index (κ1) is 25.2. The average Bonchev–Trinajstić information content (AvgIpc) is 3.26. The number of nitrogens with one attached hydrogen (secondary N) is 1. The van der Waals surface area contributed by atoms with E-state index in [0.29, 0.717) is 35.5 Å². The molecule has 0 saturated heterocycles. The van der Waals surface area contributed by atoms with Crippen LogP contribution >= 0.6 is 0 Å². The third-order valence-corrected chi connectivity index (χ3v) is 8.12. The number of para-hydroxylation sites is 1. The molecule has 4 aromatic rings. The summed E-state index contributed by atoms with van der Waals surface area (Å²) in [5.74, 6) is -0.428. The van der Waals surface area contributed by atoms with E-state index in [4.69, 9.17) is 19.9 Å². The van der Waals surface area contributed by atoms with Gasteiger partial charge in [-0.15, -0.1) is 0 Å². The number of aliphatic hydroxyl groups is 1. The third kappa shape index (κ3) is 4.07. The van der Waals surface area contributed by atoms with Gasteiger partial charge in [0.25, 0.3) is 5.56 Å². The standard InChI is InChI=1S/C31H29N3O5/c1-2-31(18-35)13-27(36)39-17-22-23(31)12-25-29-21(15-34(25)30(22)37)28(20-10-6-7-11-24(20)33-29)26(14-32)38-16-19-8-4-3-5-9-19/h3-12,14,26,32,35H,2,13,15-18H2,1H3. The van der Waals surface area contributed by atoms with Crippen LogP contribution in [0.2, 0.25) is 0 Å². The van der Waals surface area contributed by atoms with Gasteiger partial charge in [-0.3, -0.25) is 9.59 Å². The molecule has 8 nitrogen and oxygen atoms in total. The smallest absolute Gasteiger partial charge is 0.307 e. The fourth-order valence-corrected chi connectivity index (χ4v) is 5.91. The molecule has 2 aromatic carbocycles. The van der Waals surface area contributed by atoms with Crippen molar-refractivity contribution in [1.29, 1.82) is 5.41 Å². The first-order chi connectivity index (χ1) is 19.0. The number of cyclic esters (lactones) is 1. The Kier molecular flexibility index (Phi) is 6.37. The second-order valence-corrected chi connectivity index (χ2v) is 10.2. The van der Waals surface area contributed by atoms with Gasteiger partial charge in [0.15, 0.2) is 0 Å². The van der Waals surface area contributed by atoms with Crippen molar-refractivity contribution in [1.82, 2.24) is 9.55 Å². The van der Waals surface area contributed by atoms with Gasteiger partial charge in [0.05, 0.1) is 48.6 Å². The summed E-state index contributed by atoms with van der Waals surface area (Å²) in [6, 6.07) is 19.4. The molecule has 0 fully saturated rings. The van der Waals surface area contributed by atoms with Gasteiger partial charge in [-0.25, -0.2) is 4.98 Å². The summed E-state index contributed by atoms with van der Waals surface area (Å²) in [5, 5.41) is 19.6. The molecular weight excluding hydrogens is 494 g/mol. The zero-order valence-electron chi connectivity index (χ0n) is 21.6. The van der Waals surface area contributed by atoms with Gasteiger partial charge < -0.3 is 24.6 Å². The van der Waals surface area contributed by atoms with E-state index in [-0.39, 0.29) is 31.7 Å². The van der Waals surface area contributed by atoms with Gasteiger partial charge in [0, 0.05) is 28.1 Å². The zero-order valence-corrected chi connectivity index (χ0v) is 21.6. The highest BCUT2D eigenvalue weighted by atomic mass is 16.5. The predicted molar refractivity (Wildman–Crippen MR) is 147 cm³/mol. The van der Waals surface area contributed by atoms with Crippen molar-refractivity contribution in [3.8, 4) is 11.4 Å². The topological polar surface area (TPSA) is 115 Å². The zero-order chi connectivity index (χ0) is 27.1. The van der Waals surface area contributed by atoms with E-state index in [9.17, 15) is 14.7 Å². The highest BCUT2D eigenvalue weighted by Gasteiger charge is 2.41. The third-order valence-electron chi connectivity index (χ3n) is 8.12. The lowest BCUT2D eigenvalue weighted by atomic mass is 9.74. The van der Waals surface area contributed by atoms with Crippen LogP contribution in [-0.2, 0) is 39.4 Å². The van der Waals surface area contributed by atoms with Crippen molar-refractivity contribution < 1.29 is 19.4 Å². The maximum Gasteiger partial charge on any atom is 0.307 e. The van der Waals surface area contributed by atoms with Crippen LogP contribution in [0.1, 0.15) is 53.7 Å². The van der Waals surface area contributed by atoms with Crippen LogP contribution in [-0.4, -0.2) is 33.4 Å². The van der Waals surface area contributed by atoms with Gasteiger partial charge in [0.1, 0.15) is 12.7 Å². The minimum Gasteiger partial charge on any atom is -0.461 e. The molecule has 0 amide bonds. The first-order valence-electron chi connectivity index (χ1n) is 13.1. The number of benzene rings is 2. The molecular formula is C31H29N3O5. The fourth-order valence-electron chi connectivity index (χ4n) is 5.91. The summed E-state index contributed by atoms with van der Waals surface area (Å²) in [7, 11) is 0. The molecule has 198 valence electrons. The molecule has 6 rings (SSSR count). The number of hydrogen-bond donors (Lipinski definition) is 2. The molecule has 2 atom stereocenters. The number of pyridine rings is 2. The Balaban J connectivity index is 1.54. The lowest BCUT2D eigenvalue weighted by Gasteiger charge is -2.30. The van der Waals surface area contributed by atoms with Crippen LogP contribution in [0.25, 0.3) is 22.3 Å². The van der Waals surface area contributed by atoms with Crippen LogP contribution in [0.3, 0.4) is 0 Å². The maximum atomic E-state index is 13.9. The van der Waals surface area contributed by atoms with Gasteiger partial charge in [-0.2, -0.15) is 0 Å². The van der Waals surface area contributed by atoms with Crippen molar-refractivity contribution in [3.63, 3.8) is 0 Å². The number of hydrogen-bond acceptors (Lipinski definition) is 7. The first-order valence-corrected chi connectivity index (χ1v) is 13.1. The van der Waals surface area contributed by atoms with Crippen molar-refractivity contribution in [3.05, 3.63) is 98.8 Å². The number of aromatic nitrogens is 2. The number of ether oxygens (including phenoxy) is 2. The van der Waals surface area contributed by atoms with Crippen molar-refractivity contribution in [2.24, 2.45) is 0 Å². The molecule has 0 spiro atoms. The molecule has 0 saturated carbocycles. The van der Waals surface area contributed by atoms with Crippen molar-refractivity contribution >= 4 is 23.1 Å². The number of rotatable bonds is 7. The molecule has 0 bridgehead atoms. The highest BCUT2D eigenvalue weighted by Crippen LogP contribution is 2.42. The lowest BCUT2D eigenvalue weighted by Crippen LogP contribution is -2.35. The van der Waals surface area contributed by atoms with Gasteiger partial charge >= 0.3 is 5.97 Å². The quantitative estimate of drug-likeness (QED) is 0.241. The Morgan fingerprint density at radius 1 is 1.15 bits per heavy atom. The number of aliphatic hydroxyl groups excluding tert-OH is 1. The SMILES string of the molecule is CCC1(CO)CC(=O)OCc2c1cc1n(c2=O)Cc2c-1nc1ccccc1c2C(C=N)OCc1ccccc1. The Morgan fingerprint density at radius 3 is 2.67 bits per heavy atom. The van der Waals surface area contributed by atoms with E-state index in [1.54, 1.807) is 4.57 Å². The Labute approximate surface area is 225 Å². The Bertz CT molecular complexity index is 1660. The number of fused-ring (bicyclic) bond motifs is 5. The molecule has 2 N–H and O–H groups in total. The van der Waals surface area contributed by atoms with Gasteiger partial charge in [0.2, 0.25) is 0 Å². The summed E-state index contributed by atoms with van der Waals surface area (Å²) in [6.45, 7) is 2.08. The van der Waals surface area contributed by atoms with E-state index in [1.165, 1.54) is 6.21 Å². The van der Waals surface area contributed by atoms with Crippen molar-refractivity contribution in [2.75, 3.05) is 6.61 Å². The molecule has 0 radical (unpaired) electrons. The second kappa shape index (κ2) is 9.87. The average molecular weight is 524 g/mol. The van der Waals surface area contributed by atoms with Crippen LogP contribution in [0, 0.1) is 5.41 Å². The molecule has 8 heteroatoms. The highest BCUT2D eigenvalue weighted by molar-refractivity contribution is 5.91. The van der Waals surface area contributed by atoms with Gasteiger partial charge in [-0.1, -0.05) is 55.5 Å².